The van der Waals surface area contributed by atoms with Gasteiger partial charge in [-0.05, 0) is 31.2 Å². The molecule has 1 saturated heterocycles. The quantitative estimate of drug-likeness (QED) is 0.569. The van der Waals surface area contributed by atoms with Gasteiger partial charge in [-0.1, -0.05) is 46.8 Å². The van der Waals surface area contributed by atoms with E-state index in [4.69, 9.17) is 4.74 Å². The predicted octanol–water partition coefficient (Wildman–Crippen LogP) is 2.17. The number of benzene rings is 2. The average molecular weight is 431 g/mol. The van der Waals surface area contributed by atoms with Crippen molar-refractivity contribution in [3.63, 3.8) is 0 Å². The zero-order valence-corrected chi connectivity index (χ0v) is 17.0. The third-order valence-electron chi connectivity index (χ3n) is 5.09. The number of aryl methyl sites for hydroxylation is 1. The summed E-state index contributed by atoms with van der Waals surface area (Å²) in [6.07, 6.45) is -1.81. The van der Waals surface area contributed by atoms with Gasteiger partial charge in [-0.25, -0.2) is 9.07 Å². The Kier molecular flexibility index (Phi) is 6.16. The van der Waals surface area contributed by atoms with Crippen molar-refractivity contribution in [3.05, 3.63) is 66.1 Å². The normalized spacial score (nSPS) is 26.6. The molecule has 3 N–H and O–H groups in total. The molecule has 0 aliphatic carbocycles. The van der Waals surface area contributed by atoms with E-state index < -0.39 is 42.2 Å². The third kappa shape index (κ3) is 4.12. The average Bonchev–Trinajstić information content (AvgIpc) is 3.21. The van der Waals surface area contributed by atoms with E-state index in [-0.39, 0.29) is 11.3 Å². The van der Waals surface area contributed by atoms with Crippen LogP contribution in [-0.2, 0) is 4.74 Å². The van der Waals surface area contributed by atoms with Gasteiger partial charge in [0.2, 0.25) is 0 Å². The number of ether oxygens (including phenoxy) is 1. The summed E-state index contributed by atoms with van der Waals surface area (Å²) < 4.78 is 21.2. The third-order valence-corrected chi connectivity index (χ3v) is 6.25. The van der Waals surface area contributed by atoms with Crippen LogP contribution in [0.5, 0.6) is 0 Å². The second-order valence-corrected chi connectivity index (χ2v) is 8.36. The minimum atomic E-state index is -1.23. The minimum Gasteiger partial charge on any atom is -0.394 e. The standard InChI is InChI=1S/C21H22FN3O4S/c1-12-6-8-13(9-7-12)30-21-20(28)18(19(27)17(11-26)29-21)25-10-16(23-24-25)14-4-2-3-5-15(14)22/h2-10,17-21,26-28H,11H2,1H3/t17-,18+,19+,20-,21+/m1/s1. The Labute approximate surface area is 177 Å². The van der Waals surface area contributed by atoms with Crippen LogP contribution in [0.25, 0.3) is 11.3 Å². The fourth-order valence-electron chi connectivity index (χ4n) is 3.44. The van der Waals surface area contributed by atoms with Gasteiger partial charge in [-0.15, -0.1) is 5.10 Å². The molecule has 2 heterocycles. The molecule has 2 aromatic carbocycles. The Morgan fingerprint density at radius 3 is 2.53 bits per heavy atom. The monoisotopic (exact) mass is 431 g/mol. The van der Waals surface area contributed by atoms with Crippen molar-refractivity contribution in [2.24, 2.45) is 0 Å². The number of halogens is 1. The van der Waals surface area contributed by atoms with Crippen LogP contribution in [0.15, 0.2) is 59.6 Å². The molecule has 0 amide bonds. The van der Waals surface area contributed by atoms with Gasteiger partial charge >= 0.3 is 0 Å². The first-order valence-electron chi connectivity index (χ1n) is 9.50. The molecule has 0 radical (unpaired) electrons. The fourth-order valence-corrected chi connectivity index (χ4v) is 4.50. The van der Waals surface area contributed by atoms with Crippen molar-refractivity contribution in [3.8, 4) is 11.3 Å². The Morgan fingerprint density at radius 2 is 1.83 bits per heavy atom. The smallest absolute Gasteiger partial charge is 0.136 e. The highest BCUT2D eigenvalue weighted by Crippen LogP contribution is 2.38. The maximum atomic E-state index is 14.1. The van der Waals surface area contributed by atoms with Crippen LogP contribution in [-0.4, -0.2) is 60.7 Å². The van der Waals surface area contributed by atoms with E-state index in [0.29, 0.717) is 0 Å². The Bertz CT molecular complexity index is 1000. The topological polar surface area (TPSA) is 101 Å². The molecule has 7 nitrogen and oxygen atoms in total. The Hall–Kier alpha value is -2.30. The lowest BCUT2D eigenvalue weighted by Crippen LogP contribution is -2.55. The molecule has 30 heavy (non-hydrogen) atoms. The van der Waals surface area contributed by atoms with Gasteiger partial charge in [0.05, 0.1) is 12.8 Å². The molecule has 3 aromatic rings. The Balaban J connectivity index is 1.62. The van der Waals surface area contributed by atoms with Gasteiger partial charge in [0.25, 0.3) is 0 Å². The van der Waals surface area contributed by atoms with Crippen LogP contribution >= 0.6 is 11.8 Å². The van der Waals surface area contributed by atoms with Gasteiger partial charge in [0.1, 0.15) is 41.3 Å². The lowest BCUT2D eigenvalue weighted by Gasteiger charge is -2.41. The summed E-state index contributed by atoms with van der Waals surface area (Å²) in [5.74, 6) is -0.446. The molecular weight excluding hydrogens is 409 g/mol. The molecule has 0 unspecified atom stereocenters. The maximum absolute atomic E-state index is 14.1. The van der Waals surface area contributed by atoms with Gasteiger partial charge < -0.3 is 20.1 Å². The number of aliphatic hydroxyl groups excluding tert-OH is 3. The number of hydrogen-bond donors (Lipinski definition) is 3. The van der Waals surface area contributed by atoms with Crippen molar-refractivity contribution in [1.82, 2.24) is 15.0 Å². The van der Waals surface area contributed by atoms with Crippen LogP contribution < -0.4 is 0 Å². The summed E-state index contributed by atoms with van der Waals surface area (Å²) >= 11 is 1.29. The fraction of sp³-hybridized carbons (Fsp3) is 0.333. The van der Waals surface area contributed by atoms with E-state index in [1.54, 1.807) is 18.2 Å². The molecule has 0 saturated carbocycles. The largest absolute Gasteiger partial charge is 0.394 e. The lowest BCUT2D eigenvalue weighted by molar-refractivity contribution is -0.178. The molecule has 0 bridgehead atoms. The lowest BCUT2D eigenvalue weighted by atomic mass is 9.97. The van der Waals surface area contributed by atoms with E-state index in [2.05, 4.69) is 10.3 Å². The predicted molar refractivity (Wildman–Crippen MR) is 109 cm³/mol. The molecule has 1 fully saturated rings. The second kappa shape index (κ2) is 8.83. The minimum absolute atomic E-state index is 0.268. The summed E-state index contributed by atoms with van der Waals surface area (Å²) in [6, 6.07) is 13.0. The van der Waals surface area contributed by atoms with E-state index in [9.17, 15) is 19.7 Å². The SMILES string of the molecule is Cc1ccc(S[C@@H]2O[C@H](CO)[C@H](O)[C@H](n3cc(-c4ccccc4F)nn3)[C@H]2O)cc1. The second-order valence-electron chi connectivity index (χ2n) is 7.19. The molecule has 0 spiro atoms. The number of rotatable bonds is 5. The molecule has 5 atom stereocenters. The van der Waals surface area contributed by atoms with Crippen LogP contribution in [0.4, 0.5) is 4.39 Å². The highest BCUT2D eigenvalue weighted by atomic mass is 32.2. The van der Waals surface area contributed by atoms with Crippen molar-refractivity contribution in [2.75, 3.05) is 6.61 Å². The van der Waals surface area contributed by atoms with Crippen molar-refractivity contribution in [2.45, 2.75) is 41.6 Å². The Morgan fingerprint density at radius 1 is 1.10 bits per heavy atom. The number of aromatic nitrogens is 3. The summed E-state index contributed by atoms with van der Waals surface area (Å²) in [5.41, 5.74) is 0.903. The van der Waals surface area contributed by atoms with E-state index in [0.717, 1.165) is 10.5 Å². The summed E-state index contributed by atoms with van der Waals surface area (Å²) in [5, 5.41) is 39.4. The van der Waals surface area contributed by atoms with Gasteiger partial charge in [-0.2, -0.15) is 0 Å². The summed E-state index contributed by atoms with van der Waals surface area (Å²) in [6.45, 7) is 1.55. The first-order chi connectivity index (χ1) is 14.5. The molecule has 4 rings (SSSR count). The summed E-state index contributed by atoms with van der Waals surface area (Å²) in [7, 11) is 0. The summed E-state index contributed by atoms with van der Waals surface area (Å²) in [4.78, 5) is 0.877. The van der Waals surface area contributed by atoms with Crippen LogP contribution in [0, 0.1) is 12.7 Å². The molecule has 9 heteroatoms. The van der Waals surface area contributed by atoms with Crippen LogP contribution in [0.3, 0.4) is 0 Å². The molecule has 1 aromatic heterocycles. The van der Waals surface area contributed by atoms with E-state index >= 15 is 0 Å². The molecule has 1 aliphatic rings. The molecule has 158 valence electrons. The van der Waals surface area contributed by atoms with Crippen LogP contribution in [0.2, 0.25) is 0 Å². The van der Waals surface area contributed by atoms with Crippen LogP contribution in [0.1, 0.15) is 11.6 Å². The van der Waals surface area contributed by atoms with Gasteiger partial charge in [0, 0.05) is 10.5 Å². The highest BCUT2D eigenvalue weighted by molar-refractivity contribution is 7.99. The zero-order chi connectivity index (χ0) is 21.3. The first kappa shape index (κ1) is 21.0. The number of thioether (sulfide) groups is 1. The highest BCUT2D eigenvalue weighted by Gasteiger charge is 2.46. The maximum Gasteiger partial charge on any atom is 0.136 e. The van der Waals surface area contributed by atoms with Crippen molar-refractivity contribution in [1.29, 1.82) is 0 Å². The number of aliphatic hydroxyl groups is 3. The van der Waals surface area contributed by atoms with E-state index in [1.165, 1.54) is 28.7 Å². The van der Waals surface area contributed by atoms with Gasteiger partial charge in [-0.3, -0.25) is 0 Å². The zero-order valence-electron chi connectivity index (χ0n) is 16.2. The number of hydrogen-bond acceptors (Lipinski definition) is 7. The van der Waals surface area contributed by atoms with Crippen molar-refractivity contribution >= 4 is 11.8 Å². The van der Waals surface area contributed by atoms with Gasteiger partial charge in [0.15, 0.2) is 0 Å². The van der Waals surface area contributed by atoms with Crippen molar-refractivity contribution < 1.29 is 24.4 Å². The molecular formula is C21H22FN3O4S. The van der Waals surface area contributed by atoms with E-state index in [1.807, 2.05) is 31.2 Å². The molecule has 1 aliphatic heterocycles. The number of nitrogens with zero attached hydrogens (tertiary/aromatic N) is 3. The first-order valence-corrected chi connectivity index (χ1v) is 10.4.